The molecule has 0 aliphatic heterocycles. The van der Waals surface area contributed by atoms with Crippen LogP contribution in [0.2, 0.25) is 0 Å². The molecule has 0 aromatic heterocycles. The molecule has 1 aromatic carbocycles. The van der Waals surface area contributed by atoms with Crippen molar-refractivity contribution >= 4 is 5.91 Å². The molecule has 0 spiro atoms. The molecule has 1 fully saturated rings. The van der Waals surface area contributed by atoms with E-state index in [9.17, 15) is 4.79 Å². The quantitative estimate of drug-likeness (QED) is 0.875. The highest BCUT2D eigenvalue weighted by molar-refractivity contribution is 5.83. The molecule has 1 aliphatic rings. The Morgan fingerprint density at radius 2 is 2.19 bits per heavy atom. The molecule has 21 heavy (non-hydrogen) atoms. The van der Waals surface area contributed by atoms with Gasteiger partial charge in [0, 0.05) is 13.7 Å². The van der Waals surface area contributed by atoms with Crippen molar-refractivity contribution in [2.45, 2.75) is 44.2 Å². The van der Waals surface area contributed by atoms with Gasteiger partial charge in [0.25, 0.3) is 5.91 Å². The van der Waals surface area contributed by atoms with Crippen LogP contribution in [-0.2, 0) is 9.53 Å². The number of hydrogen-bond donors (Lipinski definition) is 2. The van der Waals surface area contributed by atoms with Gasteiger partial charge in [-0.3, -0.25) is 4.79 Å². The van der Waals surface area contributed by atoms with Crippen LogP contribution in [0.3, 0.4) is 0 Å². The molecule has 1 aromatic rings. The summed E-state index contributed by atoms with van der Waals surface area (Å²) in [7, 11) is 1.57. The van der Waals surface area contributed by atoms with Crippen LogP contribution in [0.25, 0.3) is 0 Å². The van der Waals surface area contributed by atoms with E-state index in [1.54, 1.807) is 7.11 Å². The highest BCUT2D eigenvalue weighted by atomic mass is 16.5. The number of methoxy groups -OCH3 is 1. The topological polar surface area (TPSA) is 64.3 Å². The summed E-state index contributed by atoms with van der Waals surface area (Å²) in [4.78, 5) is 12.6. The lowest BCUT2D eigenvalue weighted by atomic mass is 9.76. The zero-order chi connectivity index (χ0) is 15.3. The SMILES string of the molecule is COC(C(=O)NC1(CN)CCCC(C)C1)c1ccccc1. The number of rotatable bonds is 5. The van der Waals surface area contributed by atoms with Crippen LogP contribution >= 0.6 is 0 Å². The van der Waals surface area contributed by atoms with Gasteiger partial charge in [-0.05, 0) is 24.3 Å². The first-order valence-electron chi connectivity index (χ1n) is 7.70. The third kappa shape index (κ3) is 3.83. The highest BCUT2D eigenvalue weighted by Gasteiger charge is 2.36. The Morgan fingerprint density at radius 1 is 1.48 bits per heavy atom. The van der Waals surface area contributed by atoms with E-state index in [1.165, 1.54) is 6.42 Å². The second-order valence-electron chi connectivity index (χ2n) is 6.20. The molecule has 1 amide bonds. The van der Waals surface area contributed by atoms with Gasteiger partial charge in [0.15, 0.2) is 6.10 Å². The molecule has 3 unspecified atom stereocenters. The lowest BCUT2D eigenvalue weighted by Crippen LogP contribution is -2.57. The number of nitrogens with two attached hydrogens (primary N) is 1. The summed E-state index contributed by atoms with van der Waals surface area (Å²) in [6, 6.07) is 9.57. The molecule has 4 nitrogen and oxygen atoms in total. The zero-order valence-electron chi connectivity index (χ0n) is 13.0. The van der Waals surface area contributed by atoms with Gasteiger partial charge in [-0.25, -0.2) is 0 Å². The molecule has 0 saturated heterocycles. The smallest absolute Gasteiger partial charge is 0.254 e. The maximum Gasteiger partial charge on any atom is 0.254 e. The van der Waals surface area contributed by atoms with E-state index in [0.717, 1.165) is 24.8 Å². The molecule has 1 aliphatic carbocycles. The third-order valence-corrected chi connectivity index (χ3v) is 4.45. The average Bonchev–Trinajstić information content (AvgIpc) is 2.49. The van der Waals surface area contributed by atoms with Crippen molar-refractivity contribution in [1.29, 1.82) is 0 Å². The molecule has 3 atom stereocenters. The van der Waals surface area contributed by atoms with Gasteiger partial charge in [0.05, 0.1) is 5.54 Å². The summed E-state index contributed by atoms with van der Waals surface area (Å²) < 4.78 is 5.40. The normalized spacial score (nSPS) is 27.1. The lowest BCUT2D eigenvalue weighted by Gasteiger charge is -2.40. The van der Waals surface area contributed by atoms with Crippen molar-refractivity contribution in [2.75, 3.05) is 13.7 Å². The molecular weight excluding hydrogens is 264 g/mol. The van der Waals surface area contributed by atoms with E-state index in [1.807, 2.05) is 30.3 Å². The van der Waals surface area contributed by atoms with Crippen molar-refractivity contribution in [3.8, 4) is 0 Å². The van der Waals surface area contributed by atoms with E-state index in [0.29, 0.717) is 12.5 Å². The minimum atomic E-state index is -0.577. The number of nitrogens with one attached hydrogen (secondary N) is 1. The van der Waals surface area contributed by atoms with Crippen LogP contribution in [0.4, 0.5) is 0 Å². The number of carbonyl (C=O) groups excluding carboxylic acids is 1. The zero-order valence-corrected chi connectivity index (χ0v) is 13.0. The van der Waals surface area contributed by atoms with Gasteiger partial charge in [0.1, 0.15) is 0 Å². The molecule has 3 N–H and O–H groups in total. The largest absolute Gasteiger partial charge is 0.367 e. The molecule has 116 valence electrons. The van der Waals surface area contributed by atoms with Crippen molar-refractivity contribution in [3.05, 3.63) is 35.9 Å². The highest BCUT2D eigenvalue weighted by Crippen LogP contribution is 2.32. The summed E-state index contributed by atoms with van der Waals surface area (Å²) in [6.07, 6.45) is 3.64. The Kier molecular flexibility index (Phi) is 5.37. The summed E-state index contributed by atoms with van der Waals surface area (Å²) in [6.45, 7) is 2.70. The standard InChI is InChI=1S/C17H26N2O2/c1-13-7-6-10-17(11-13,12-18)19-16(20)15(21-2)14-8-4-3-5-9-14/h3-5,8-9,13,15H,6-7,10-12,18H2,1-2H3,(H,19,20). The first-order chi connectivity index (χ1) is 10.1. The molecule has 0 bridgehead atoms. The van der Waals surface area contributed by atoms with Gasteiger partial charge < -0.3 is 15.8 Å². The summed E-state index contributed by atoms with van der Waals surface area (Å²) in [5.41, 5.74) is 6.57. The van der Waals surface area contributed by atoms with E-state index >= 15 is 0 Å². The van der Waals surface area contributed by atoms with Gasteiger partial charge >= 0.3 is 0 Å². The fraction of sp³-hybridized carbons (Fsp3) is 0.588. The summed E-state index contributed by atoms with van der Waals surface area (Å²) >= 11 is 0. The fourth-order valence-electron chi connectivity index (χ4n) is 3.36. The first kappa shape index (κ1) is 16.0. The minimum absolute atomic E-state index is 0.0942. The van der Waals surface area contributed by atoms with Crippen LogP contribution in [-0.4, -0.2) is 25.1 Å². The van der Waals surface area contributed by atoms with E-state index in [2.05, 4.69) is 12.2 Å². The lowest BCUT2D eigenvalue weighted by molar-refractivity contribution is -0.134. The summed E-state index contributed by atoms with van der Waals surface area (Å²) in [5, 5.41) is 3.17. The van der Waals surface area contributed by atoms with Gasteiger partial charge in [-0.1, -0.05) is 50.1 Å². The fourth-order valence-corrected chi connectivity index (χ4v) is 3.36. The Morgan fingerprint density at radius 3 is 2.76 bits per heavy atom. The van der Waals surface area contributed by atoms with Crippen molar-refractivity contribution in [3.63, 3.8) is 0 Å². The second kappa shape index (κ2) is 7.05. The van der Waals surface area contributed by atoms with Crippen LogP contribution in [0.5, 0.6) is 0 Å². The average molecular weight is 290 g/mol. The third-order valence-electron chi connectivity index (χ3n) is 4.45. The Balaban J connectivity index is 2.11. The van der Waals surface area contributed by atoms with Crippen LogP contribution in [0.1, 0.15) is 44.3 Å². The van der Waals surface area contributed by atoms with E-state index in [-0.39, 0.29) is 11.4 Å². The Labute approximate surface area is 127 Å². The van der Waals surface area contributed by atoms with Crippen LogP contribution < -0.4 is 11.1 Å². The van der Waals surface area contributed by atoms with Crippen molar-refractivity contribution in [2.24, 2.45) is 11.7 Å². The number of ether oxygens (including phenoxy) is 1. The Bertz CT molecular complexity index is 463. The maximum atomic E-state index is 12.6. The van der Waals surface area contributed by atoms with Gasteiger partial charge in [-0.2, -0.15) is 0 Å². The first-order valence-corrected chi connectivity index (χ1v) is 7.70. The number of amides is 1. The van der Waals surface area contributed by atoms with Gasteiger partial charge in [-0.15, -0.1) is 0 Å². The number of benzene rings is 1. The number of hydrogen-bond acceptors (Lipinski definition) is 3. The second-order valence-corrected chi connectivity index (χ2v) is 6.20. The summed E-state index contributed by atoms with van der Waals surface area (Å²) in [5.74, 6) is 0.503. The molecular formula is C17H26N2O2. The van der Waals surface area contributed by atoms with Crippen molar-refractivity contribution in [1.82, 2.24) is 5.32 Å². The molecule has 2 rings (SSSR count). The van der Waals surface area contributed by atoms with Crippen molar-refractivity contribution < 1.29 is 9.53 Å². The van der Waals surface area contributed by atoms with E-state index in [4.69, 9.17) is 10.5 Å². The van der Waals surface area contributed by atoms with Gasteiger partial charge in [0.2, 0.25) is 0 Å². The monoisotopic (exact) mass is 290 g/mol. The molecule has 0 heterocycles. The number of carbonyl (C=O) groups is 1. The van der Waals surface area contributed by atoms with E-state index < -0.39 is 6.10 Å². The maximum absolute atomic E-state index is 12.6. The molecule has 1 saturated carbocycles. The van der Waals surface area contributed by atoms with Crippen LogP contribution in [0, 0.1) is 5.92 Å². The predicted octanol–water partition coefficient (Wildman–Crippen LogP) is 2.40. The Hall–Kier alpha value is -1.39. The predicted molar refractivity (Wildman–Crippen MR) is 83.8 cm³/mol. The minimum Gasteiger partial charge on any atom is -0.367 e. The molecule has 4 heteroatoms. The molecule has 0 radical (unpaired) electrons. The van der Waals surface area contributed by atoms with Crippen LogP contribution in [0.15, 0.2) is 30.3 Å².